The zero-order chi connectivity index (χ0) is 15.7. The van der Waals surface area contributed by atoms with Gasteiger partial charge in [-0.1, -0.05) is 20.8 Å². The van der Waals surface area contributed by atoms with E-state index in [1.807, 2.05) is 0 Å². The number of ether oxygens (including phenoxy) is 1. The first-order valence-electron chi connectivity index (χ1n) is 8.63. The molecule has 0 spiro atoms. The number of likely N-dealkylation sites (N-methyl/N-ethyl adjacent to an activating group) is 1. The summed E-state index contributed by atoms with van der Waals surface area (Å²) in [4.78, 5) is 4.91. The largest absolute Gasteiger partial charge is 0.381 e. The van der Waals surface area contributed by atoms with E-state index < -0.39 is 0 Å². The highest BCUT2D eigenvalue weighted by Crippen LogP contribution is 2.29. The van der Waals surface area contributed by atoms with Crippen LogP contribution in [0.4, 0.5) is 0 Å². The van der Waals surface area contributed by atoms with Gasteiger partial charge in [0.15, 0.2) is 0 Å². The highest BCUT2D eigenvalue weighted by atomic mass is 16.5. The van der Waals surface area contributed by atoms with E-state index in [1.54, 1.807) is 0 Å². The van der Waals surface area contributed by atoms with Crippen LogP contribution >= 0.6 is 0 Å². The minimum Gasteiger partial charge on any atom is -0.381 e. The van der Waals surface area contributed by atoms with Crippen molar-refractivity contribution >= 4 is 0 Å². The smallest absolute Gasteiger partial charge is 0.0547 e. The van der Waals surface area contributed by atoms with E-state index in [0.717, 1.165) is 39.4 Å². The monoisotopic (exact) mass is 299 g/mol. The fourth-order valence-corrected chi connectivity index (χ4v) is 3.00. The molecule has 0 bridgehead atoms. The summed E-state index contributed by atoms with van der Waals surface area (Å²) < 4.78 is 5.75. The van der Waals surface area contributed by atoms with Crippen molar-refractivity contribution in [1.82, 2.24) is 15.1 Å². The van der Waals surface area contributed by atoms with Crippen molar-refractivity contribution in [3.8, 4) is 0 Å². The van der Waals surface area contributed by atoms with Gasteiger partial charge >= 0.3 is 0 Å². The molecule has 1 fully saturated rings. The van der Waals surface area contributed by atoms with E-state index in [2.05, 4.69) is 50.0 Å². The van der Waals surface area contributed by atoms with E-state index in [1.165, 1.54) is 25.9 Å². The Morgan fingerprint density at radius 2 is 1.95 bits per heavy atom. The second-order valence-electron chi connectivity index (χ2n) is 7.41. The third-order valence-electron chi connectivity index (χ3n) is 4.20. The van der Waals surface area contributed by atoms with Crippen molar-refractivity contribution in [2.45, 2.75) is 33.6 Å². The van der Waals surface area contributed by atoms with Gasteiger partial charge in [0, 0.05) is 38.2 Å². The van der Waals surface area contributed by atoms with Gasteiger partial charge in [0.25, 0.3) is 0 Å². The average Bonchev–Trinajstić information content (AvgIpc) is 2.84. The lowest BCUT2D eigenvalue weighted by Crippen LogP contribution is -2.47. The minimum atomic E-state index is 0.316. The third kappa shape index (κ3) is 7.59. The highest BCUT2D eigenvalue weighted by Gasteiger charge is 2.36. The predicted octanol–water partition coefficient (Wildman–Crippen LogP) is 1.91. The molecule has 1 atom stereocenters. The van der Waals surface area contributed by atoms with Crippen LogP contribution in [0.2, 0.25) is 0 Å². The van der Waals surface area contributed by atoms with Gasteiger partial charge in [-0.15, -0.1) is 0 Å². The molecule has 1 rings (SSSR count). The number of hydrogen-bond donors (Lipinski definition) is 1. The Hall–Kier alpha value is -0.160. The van der Waals surface area contributed by atoms with Gasteiger partial charge in [-0.25, -0.2) is 0 Å². The van der Waals surface area contributed by atoms with Gasteiger partial charge < -0.3 is 19.9 Å². The van der Waals surface area contributed by atoms with Crippen LogP contribution in [0, 0.1) is 11.3 Å². The molecule has 0 aromatic rings. The molecule has 1 N–H and O–H groups in total. The first-order chi connectivity index (χ1) is 9.97. The van der Waals surface area contributed by atoms with Crippen LogP contribution in [0.1, 0.15) is 33.6 Å². The van der Waals surface area contributed by atoms with Crippen molar-refractivity contribution in [2.75, 3.05) is 66.6 Å². The van der Waals surface area contributed by atoms with Crippen LogP contribution in [0.5, 0.6) is 0 Å². The van der Waals surface area contributed by atoms with E-state index in [4.69, 9.17) is 4.74 Å². The summed E-state index contributed by atoms with van der Waals surface area (Å²) in [5, 5.41) is 3.66. The SMILES string of the molecule is CCCN(CCN(C)C)CC1(CNCC(C)C)CCOC1. The average molecular weight is 300 g/mol. The summed E-state index contributed by atoms with van der Waals surface area (Å²) in [6.07, 6.45) is 2.42. The summed E-state index contributed by atoms with van der Waals surface area (Å²) in [6.45, 7) is 15.5. The maximum absolute atomic E-state index is 5.75. The molecule has 21 heavy (non-hydrogen) atoms. The number of rotatable bonds is 11. The van der Waals surface area contributed by atoms with Crippen LogP contribution < -0.4 is 5.32 Å². The summed E-state index contributed by atoms with van der Waals surface area (Å²) in [5.41, 5.74) is 0.316. The number of nitrogens with zero attached hydrogens (tertiary/aromatic N) is 2. The second kappa shape index (κ2) is 9.78. The Morgan fingerprint density at radius 1 is 1.19 bits per heavy atom. The Kier molecular flexibility index (Phi) is 8.79. The van der Waals surface area contributed by atoms with Crippen LogP contribution in [0.25, 0.3) is 0 Å². The molecule has 1 heterocycles. The molecule has 4 nitrogen and oxygen atoms in total. The summed E-state index contributed by atoms with van der Waals surface area (Å²) in [5.74, 6) is 0.713. The highest BCUT2D eigenvalue weighted by molar-refractivity contribution is 4.88. The third-order valence-corrected chi connectivity index (χ3v) is 4.20. The fourth-order valence-electron chi connectivity index (χ4n) is 3.00. The summed E-state index contributed by atoms with van der Waals surface area (Å²) in [6, 6.07) is 0. The van der Waals surface area contributed by atoms with Crippen LogP contribution in [0.15, 0.2) is 0 Å². The van der Waals surface area contributed by atoms with Crippen molar-refractivity contribution < 1.29 is 4.74 Å². The van der Waals surface area contributed by atoms with Gasteiger partial charge in [-0.3, -0.25) is 0 Å². The first kappa shape index (κ1) is 18.9. The van der Waals surface area contributed by atoms with Crippen LogP contribution in [-0.2, 0) is 4.74 Å². The van der Waals surface area contributed by atoms with E-state index >= 15 is 0 Å². The normalized spacial score (nSPS) is 22.9. The standard InChI is InChI=1S/C17H37N3O/c1-6-8-20(10-9-19(4)5)14-17(7-11-21-15-17)13-18-12-16(2)3/h16,18H,6-15H2,1-5H3. The van der Waals surface area contributed by atoms with Crippen molar-refractivity contribution in [1.29, 1.82) is 0 Å². The molecule has 0 aromatic carbocycles. The van der Waals surface area contributed by atoms with E-state index in [0.29, 0.717) is 11.3 Å². The molecular formula is C17H37N3O. The van der Waals surface area contributed by atoms with Crippen molar-refractivity contribution in [2.24, 2.45) is 11.3 Å². The lowest BCUT2D eigenvalue weighted by atomic mass is 9.86. The first-order valence-corrected chi connectivity index (χ1v) is 8.63. The molecule has 1 aliphatic heterocycles. The molecule has 0 saturated carbocycles. The molecule has 0 amide bonds. The lowest BCUT2D eigenvalue weighted by molar-refractivity contribution is 0.104. The lowest BCUT2D eigenvalue weighted by Gasteiger charge is -2.35. The number of nitrogens with one attached hydrogen (secondary N) is 1. The van der Waals surface area contributed by atoms with Gasteiger partial charge in [0.1, 0.15) is 0 Å². The molecule has 1 saturated heterocycles. The molecule has 126 valence electrons. The number of hydrogen-bond acceptors (Lipinski definition) is 4. The van der Waals surface area contributed by atoms with E-state index in [9.17, 15) is 0 Å². The van der Waals surface area contributed by atoms with Gasteiger partial charge in [0.05, 0.1) is 6.61 Å². The minimum absolute atomic E-state index is 0.316. The molecule has 0 radical (unpaired) electrons. The molecule has 0 aliphatic carbocycles. The zero-order valence-corrected chi connectivity index (χ0v) is 15.0. The van der Waals surface area contributed by atoms with Crippen LogP contribution in [0.3, 0.4) is 0 Å². The molecule has 4 heteroatoms. The summed E-state index contributed by atoms with van der Waals surface area (Å²) >= 11 is 0. The maximum atomic E-state index is 5.75. The van der Waals surface area contributed by atoms with E-state index in [-0.39, 0.29) is 0 Å². The fraction of sp³-hybridized carbons (Fsp3) is 1.00. The molecule has 1 unspecified atom stereocenters. The topological polar surface area (TPSA) is 27.7 Å². The maximum Gasteiger partial charge on any atom is 0.0547 e. The molecule has 1 aliphatic rings. The van der Waals surface area contributed by atoms with Gasteiger partial charge in [-0.2, -0.15) is 0 Å². The predicted molar refractivity (Wildman–Crippen MR) is 90.9 cm³/mol. The molecular weight excluding hydrogens is 262 g/mol. The summed E-state index contributed by atoms with van der Waals surface area (Å²) in [7, 11) is 4.31. The van der Waals surface area contributed by atoms with Crippen molar-refractivity contribution in [3.63, 3.8) is 0 Å². The Bertz CT molecular complexity index is 263. The Balaban J connectivity index is 2.52. The van der Waals surface area contributed by atoms with Gasteiger partial charge in [0.2, 0.25) is 0 Å². The molecule has 0 aromatic heterocycles. The van der Waals surface area contributed by atoms with Crippen LogP contribution in [-0.4, -0.2) is 76.4 Å². The quantitative estimate of drug-likeness (QED) is 0.631. The zero-order valence-electron chi connectivity index (χ0n) is 15.0. The Labute approximate surface area is 132 Å². The second-order valence-corrected chi connectivity index (χ2v) is 7.41. The van der Waals surface area contributed by atoms with Crippen molar-refractivity contribution in [3.05, 3.63) is 0 Å². The Morgan fingerprint density at radius 3 is 2.48 bits per heavy atom. The van der Waals surface area contributed by atoms with Gasteiger partial charge in [-0.05, 0) is 45.9 Å².